The van der Waals surface area contributed by atoms with E-state index < -0.39 is 0 Å². The lowest BCUT2D eigenvalue weighted by Gasteiger charge is -2.39. The molecule has 0 aromatic heterocycles. The first-order valence-electron chi connectivity index (χ1n) is 5.38. The minimum atomic E-state index is 1.05. The number of hydrogen-bond donors (Lipinski definition) is 0. The van der Waals surface area contributed by atoms with E-state index in [9.17, 15) is 0 Å². The van der Waals surface area contributed by atoms with Crippen LogP contribution in [0.2, 0.25) is 0 Å². The van der Waals surface area contributed by atoms with E-state index in [1.54, 1.807) is 19.3 Å². The van der Waals surface area contributed by atoms with Crippen molar-refractivity contribution in [3.8, 4) is 0 Å². The van der Waals surface area contributed by atoms with Gasteiger partial charge in [-0.25, -0.2) is 0 Å². The van der Waals surface area contributed by atoms with Crippen molar-refractivity contribution in [2.24, 2.45) is 17.8 Å². The highest BCUT2D eigenvalue weighted by Crippen LogP contribution is 2.43. The second-order valence-electron chi connectivity index (χ2n) is 4.62. The summed E-state index contributed by atoms with van der Waals surface area (Å²) in [6.07, 6.45) is 10.7. The van der Waals surface area contributed by atoms with Crippen LogP contribution in [0.3, 0.4) is 0 Å². The van der Waals surface area contributed by atoms with E-state index >= 15 is 0 Å². The van der Waals surface area contributed by atoms with Crippen LogP contribution in [0.4, 0.5) is 0 Å². The molecule has 0 nitrogen and oxygen atoms in total. The van der Waals surface area contributed by atoms with Gasteiger partial charge < -0.3 is 0 Å². The van der Waals surface area contributed by atoms with E-state index in [2.05, 4.69) is 6.92 Å². The smallest absolute Gasteiger partial charge is 0.0360 e. The summed E-state index contributed by atoms with van der Waals surface area (Å²) in [4.78, 5) is 0. The van der Waals surface area contributed by atoms with Gasteiger partial charge in [-0.2, -0.15) is 0 Å². The van der Waals surface area contributed by atoms with Crippen LogP contribution in [-0.4, -0.2) is 0 Å². The van der Waals surface area contributed by atoms with Crippen molar-refractivity contribution in [1.29, 1.82) is 0 Å². The first-order chi connectivity index (χ1) is 5.38. The van der Waals surface area contributed by atoms with Gasteiger partial charge >= 0.3 is 0 Å². The van der Waals surface area contributed by atoms with Crippen LogP contribution in [-0.2, 0) is 0 Å². The molecule has 0 heteroatoms. The van der Waals surface area contributed by atoms with Gasteiger partial charge in [-0.3, -0.25) is 0 Å². The third-order valence-electron chi connectivity index (χ3n) is 3.93. The molecule has 2 aliphatic rings. The number of hydrogen-bond acceptors (Lipinski definition) is 0. The van der Waals surface area contributed by atoms with Gasteiger partial charge in [0.1, 0.15) is 0 Å². The van der Waals surface area contributed by atoms with Crippen molar-refractivity contribution in [1.82, 2.24) is 0 Å². The lowest BCUT2D eigenvalue weighted by Crippen LogP contribution is -2.29. The summed E-state index contributed by atoms with van der Waals surface area (Å²) in [7, 11) is 0. The van der Waals surface area contributed by atoms with Gasteiger partial charge in [0.2, 0.25) is 0 Å². The second kappa shape index (κ2) is 3.16. The van der Waals surface area contributed by atoms with Gasteiger partial charge in [-0.1, -0.05) is 45.4 Å². The highest BCUT2D eigenvalue weighted by molar-refractivity contribution is 4.82. The zero-order valence-electron chi connectivity index (χ0n) is 7.68. The molecule has 0 aromatic rings. The largest absolute Gasteiger partial charge is 0.0622 e. The summed E-state index contributed by atoms with van der Waals surface area (Å²) in [5.41, 5.74) is 0. The zero-order valence-corrected chi connectivity index (χ0v) is 7.68. The normalized spacial score (nSPS) is 45.0. The molecule has 0 saturated heterocycles. The van der Waals surface area contributed by atoms with E-state index in [1.807, 2.05) is 0 Å². The predicted octanol–water partition coefficient (Wildman–Crippen LogP) is 3.61. The molecule has 0 aromatic carbocycles. The Morgan fingerprint density at radius 1 is 0.818 bits per heavy atom. The van der Waals surface area contributed by atoms with Crippen molar-refractivity contribution in [2.75, 3.05) is 0 Å². The maximum Gasteiger partial charge on any atom is -0.0360 e. The summed E-state index contributed by atoms with van der Waals surface area (Å²) >= 11 is 0. The standard InChI is InChI=1S/C11H20/c1-9-5-4-7-10-6-2-3-8-11(9)10/h9-11H,2-8H2,1H3/t9?,10-,11-/m1/s1. The quantitative estimate of drug-likeness (QED) is 0.497. The Hall–Kier alpha value is 0. The molecule has 2 aliphatic carbocycles. The minimum Gasteiger partial charge on any atom is -0.0622 e. The summed E-state index contributed by atoms with van der Waals surface area (Å²) in [6, 6.07) is 0. The fourth-order valence-corrected chi connectivity index (χ4v) is 3.26. The van der Waals surface area contributed by atoms with E-state index in [4.69, 9.17) is 0 Å². The van der Waals surface area contributed by atoms with Crippen LogP contribution in [0.15, 0.2) is 0 Å². The molecule has 0 aliphatic heterocycles. The summed E-state index contributed by atoms with van der Waals surface area (Å²) < 4.78 is 0. The molecule has 3 atom stereocenters. The highest BCUT2D eigenvalue weighted by atomic mass is 14.4. The molecule has 0 bridgehead atoms. The van der Waals surface area contributed by atoms with Gasteiger partial charge in [0.05, 0.1) is 0 Å². The van der Waals surface area contributed by atoms with Gasteiger partial charge in [0.25, 0.3) is 0 Å². The molecule has 2 saturated carbocycles. The Balaban J connectivity index is 1.99. The fraction of sp³-hybridized carbons (Fsp3) is 1.00. The van der Waals surface area contributed by atoms with E-state index in [1.165, 1.54) is 25.7 Å². The molecule has 0 spiro atoms. The molecule has 64 valence electrons. The van der Waals surface area contributed by atoms with Crippen molar-refractivity contribution in [2.45, 2.75) is 51.9 Å². The maximum absolute atomic E-state index is 2.47. The van der Waals surface area contributed by atoms with Gasteiger partial charge in [0, 0.05) is 0 Å². The van der Waals surface area contributed by atoms with Crippen molar-refractivity contribution in [3.63, 3.8) is 0 Å². The first-order valence-corrected chi connectivity index (χ1v) is 5.38. The van der Waals surface area contributed by atoms with Crippen molar-refractivity contribution in [3.05, 3.63) is 0 Å². The van der Waals surface area contributed by atoms with Crippen molar-refractivity contribution < 1.29 is 0 Å². The van der Waals surface area contributed by atoms with Crippen LogP contribution in [0.25, 0.3) is 0 Å². The monoisotopic (exact) mass is 152 g/mol. The lowest BCUT2D eigenvalue weighted by atomic mass is 9.66. The number of fused-ring (bicyclic) bond motifs is 1. The summed E-state index contributed by atoms with van der Waals surface area (Å²) in [5.74, 6) is 3.30. The molecular formula is C11H20. The molecule has 1 unspecified atom stereocenters. The Morgan fingerprint density at radius 2 is 1.55 bits per heavy atom. The van der Waals surface area contributed by atoms with Gasteiger partial charge in [0.15, 0.2) is 0 Å². The molecule has 0 amide bonds. The summed E-state index contributed by atoms with van der Waals surface area (Å²) in [5, 5.41) is 0. The maximum atomic E-state index is 2.47. The van der Waals surface area contributed by atoms with Crippen molar-refractivity contribution >= 4 is 0 Å². The molecule has 0 N–H and O–H groups in total. The Bertz CT molecular complexity index is 126. The predicted molar refractivity (Wildman–Crippen MR) is 48.5 cm³/mol. The molecule has 2 fully saturated rings. The van der Waals surface area contributed by atoms with Crippen LogP contribution in [0, 0.1) is 17.8 Å². The third kappa shape index (κ3) is 1.45. The van der Waals surface area contributed by atoms with Gasteiger partial charge in [-0.15, -0.1) is 0 Å². The minimum absolute atomic E-state index is 1.05. The fourth-order valence-electron chi connectivity index (χ4n) is 3.26. The Morgan fingerprint density at radius 3 is 2.36 bits per heavy atom. The van der Waals surface area contributed by atoms with E-state index in [0.717, 1.165) is 17.8 Å². The third-order valence-corrected chi connectivity index (χ3v) is 3.93. The lowest BCUT2D eigenvalue weighted by molar-refractivity contribution is 0.114. The zero-order chi connectivity index (χ0) is 7.68. The molecule has 0 radical (unpaired) electrons. The highest BCUT2D eigenvalue weighted by Gasteiger charge is 2.31. The van der Waals surface area contributed by atoms with Crippen LogP contribution < -0.4 is 0 Å². The topological polar surface area (TPSA) is 0 Å². The first kappa shape index (κ1) is 7.64. The SMILES string of the molecule is CC1CCC[C@H]2CCCC[C@H]12. The molecular weight excluding hydrogens is 132 g/mol. The Kier molecular flexibility index (Phi) is 2.20. The van der Waals surface area contributed by atoms with Crippen LogP contribution >= 0.6 is 0 Å². The second-order valence-corrected chi connectivity index (χ2v) is 4.62. The average molecular weight is 152 g/mol. The molecule has 0 heterocycles. The van der Waals surface area contributed by atoms with E-state index in [-0.39, 0.29) is 0 Å². The van der Waals surface area contributed by atoms with Gasteiger partial charge in [-0.05, 0) is 24.2 Å². The Labute approximate surface area is 70.4 Å². The summed E-state index contributed by atoms with van der Waals surface area (Å²) in [6.45, 7) is 2.47. The van der Waals surface area contributed by atoms with Crippen LogP contribution in [0.1, 0.15) is 51.9 Å². The molecule has 11 heavy (non-hydrogen) atoms. The van der Waals surface area contributed by atoms with Crippen LogP contribution in [0.5, 0.6) is 0 Å². The average Bonchev–Trinajstić information content (AvgIpc) is 2.06. The van der Waals surface area contributed by atoms with E-state index in [0.29, 0.717) is 0 Å². The molecule has 2 rings (SSSR count). The number of rotatable bonds is 0.